The number of carbonyl (C=O) groups excluding carboxylic acids is 2. The zero-order chi connectivity index (χ0) is 26.2. The SMILES string of the molecule is COc1ccc2cc1OCCCN(CC=C(C)C)CC(=O)N[C@@H](C(C)C)C(=O)NCc1nc-2oc1C. The van der Waals surface area contributed by atoms with E-state index in [-0.39, 0.29) is 30.8 Å². The third-order valence-corrected chi connectivity index (χ3v) is 6.00. The molecule has 1 aliphatic rings. The van der Waals surface area contributed by atoms with Gasteiger partial charge in [-0.1, -0.05) is 25.5 Å². The molecule has 0 unspecified atom stereocenters. The number of nitrogens with zero attached hydrogens (tertiary/aromatic N) is 2. The van der Waals surface area contributed by atoms with Crippen LogP contribution in [0.25, 0.3) is 11.5 Å². The van der Waals surface area contributed by atoms with Crippen molar-refractivity contribution >= 4 is 11.8 Å². The summed E-state index contributed by atoms with van der Waals surface area (Å²) < 4.78 is 17.4. The highest BCUT2D eigenvalue weighted by atomic mass is 16.5. The van der Waals surface area contributed by atoms with Gasteiger partial charge in [-0.15, -0.1) is 0 Å². The van der Waals surface area contributed by atoms with Crippen LogP contribution < -0.4 is 20.1 Å². The maximum Gasteiger partial charge on any atom is 0.243 e. The minimum Gasteiger partial charge on any atom is -0.493 e. The van der Waals surface area contributed by atoms with Gasteiger partial charge in [-0.25, -0.2) is 4.98 Å². The number of benzene rings is 1. The van der Waals surface area contributed by atoms with E-state index >= 15 is 0 Å². The van der Waals surface area contributed by atoms with E-state index < -0.39 is 6.04 Å². The van der Waals surface area contributed by atoms with Gasteiger partial charge in [-0.05, 0) is 51.3 Å². The number of aryl methyl sites for hydroxylation is 1. The number of hydrogen-bond acceptors (Lipinski definition) is 7. The van der Waals surface area contributed by atoms with Crippen molar-refractivity contribution in [2.45, 2.75) is 53.6 Å². The fourth-order valence-electron chi connectivity index (χ4n) is 3.89. The van der Waals surface area contributed by atoms with Gasteiger partial charge < -0.3 is 24.5 Å². The van der Waals surface area contributed by atoms with Gasteiger partial charge in [-0.2, -0.15) is 0 Å². The summed E-state index contributed by atoms with van der Waals surface area (Å²) in [5, 5.41) is 5.83. The zero-order valence-electron chi connectivity index (χ0n) is 22.1. The number of carbonyl (C=O) groups is 2. The Morgan fingerprint density at radius 3 is 2.78 bits per heavy atom. The molecule has 0 aliphatic carbocycles. The van der Waals surface area contributed by atoms with Crippen molar-refractivity contribution in [1.29, 1.82) is 0 Å². The molecule has 0 saturated heterocycles. The molecule has 0 spiro atoms. The number of hydrogen-bond donors (Lipinski definition) is 2. The fraction of sp³-hybridized carbons (Fsp3) is 0.519. The number of amides is 2. The Kier molecular flexibility index (Phi) is 9.52. The maximum atomic E-state index is 13.0. The molecule has 3 rings (SSSR count). The normalized spacial score (nSPS) is 17.9. The second-order valence-electron chi connectivity index (χ2n) is 9.61. The average molecular weight is 499 g/mol. The Morgan fingerprint density at radius 1 is 1.31 bits per heavy atom. The van der Waals surface area contributed by atoms with Gasteiger partial charge in [0.1, 0.15) is 17.5 Å². The first-order valence-electron chi connectivity index (χ1n) is 12.4. The summed E-state index contributed by atoms with van der Waals surface area (Å²) in [5.74, 6) is 1.74. The highest BCUT2D eigenvalue weighted by molar-refractivity contribution is 5.88. The van der Waals surface area contributed by atoms with Crippen molar-refractivity contribution in [2.75, 3.05) is 33.4 Å². The van der Waals surface area contributed by atoms with Crippen LogP contribution in [0.15, 0.2) is 34.3 Å². The number of ether oxygens (including phenoxy) is 2. The third kappa shape index (κ3) is 7.34. The number of allylic oxidation sites excluding steroid dienone is 1. The van der Waals surface area contributed by atoms with Crippen LogP contribution in [0.1, 0.15) is 45.6 Å². The summed E-state index contributed by atoms with van der Waals surface area (Å²) in [7, 11) is 1.60. The first-order valence-corrected chi connectivity index (χ1v) is 12.4. The molecule has 2 aromatic rings. The van der Waals surface area contributed by atoms with E-state index in [0.29, 0.717) is 55.0 Å². The van der Waals surface area contributed by atoms with Gasteiger partial charge in [0.25, 0.3) is 0 Å². The van der Waals surface area contributed by atoms with Crippen LogP contribution in [0.4, 0.5) is 0 Å². The third-order valence-electron chi connectivity index (χ3n) is 6.00. The molecule has 0 saturated carbocycles. The van der Waals surface area contributed by atoms with Gasteiger partial charge in [0.2, 0.25) is 17.7 Å². The molecule has 196 valence electrons. The molecule has 0 fully saturated rings. The van der Waals surface area contributed by atoms with E-state index in [9.17, 15) is 9.59 Å². The molecule has 9 nitrogen and oxygen atoms in total. The van der Waals surface area contributed by atoms with E-state index in [1.807, 2.05) is 52.8 Å². The zero-order valence-corrected chi connectivity index (χ0v) is 22.1. The highest BCUT2D eigenvalue weighted by Crippen LogP contribution is 2.33. The summed E-state index contributed by atoms with van der Waals surface area (Å²) in [4.78, 5) is 32.6. The van der Waals surface area contributed by atoms with E-state index in [0.717, 1.165) is 5.56 Å². The Balaban J connectivity index is 1.91. The predicted octanol–water partition coefficient (Wildman–Crippen LogP) is 3.47. The number of nitrogens with one attached hydrogen (secondary N) is 2. The van der Waals surface area contributed by atoms with Crippen LogP contribution in [0.3, 0.4) is 0 Å². The van der Waals surface area contributed by atoms with Crippen LogP contribution in [-0.2, 0) is 16.1 Å². The highest BCUT2D eigenvalue weighted by Gasteiger charge is 2.25. The quantitative estimate of drug-likeness (QED) is 0.622. The Labute approximate surface area is 213 Å². The molecular formula is C27H38N4O5. The minimum atomic E-state index is -0.652. The molecule has 2 heterocycles. The Hall–Kier alpha value is -3.33. The molecule has 1 atom stereocenters. The van der Waals surface area contributed by atoms with E-state index in [1.54, 1.807) is 7.11 Å². The van der Waals surface area contributed by atoms with Gasteiger partial charge >= 0.3 is 0 Å². The van der Waals surface area contributed by atoms with Crippen molar-refractivity contribution < 1.29 is 23.5 Å². The van der Waals surface area contributed by atoms with Crippen molar-refractivity contribution in [3.8, 4) is 23.0 Å². The summed E-state index contributed by atoms with van der Waals surface area (Å²) in [5.41, 5.74) is 2.56. The number of oxazole rings is 1. The van der Waals surface area contributed by atoms with Crippen LogP contribution in [0.5, 0.6) is 11.5 Å². The van der Waals surface area contributed by atoms with Crippen LogP contribution in [0.2, 0.25) is 0 Å². The molecule has 36 heavy (non-hydrogen) atoms. The molecule has 1 aliphatic heterocycles. The molecule has 0 radical (unpaired) electrons. The van der Waals surface area contributed by atoms with Gasteiger partial charge in [0, 0.05) is 18.7 Å². The van der Waals surface area contributed by atoms with Crippen molar-refractivity contribution in [3.05, 3.63) is 41.3 Å². The standard InChI is InChI=1S/C27H38N4O5/c1-17(2)10-12-31-11-7-13-35-23-14-20(8-9-22(23)34-6)27-29-21(19(5)36-27)15-28-26(33)25(18(3)4)30-24(32)16-31/h8-10,14,18,25H,7,11-13,15-16H2,1-6H3,(H,28,33)(H,30,32)/t25-/m0/s1. The fourth-order valence-corrected chi connectivity index (χ4v) is 3.89. The Morgan fingerprint density at radius 2 is 2.08 bits per heavy atom. The maximum absolute atomic E-state index is 13.0. The number of fused-ring (bicyclic) bond motifs is 5. The van der Waals surface area contributed by atoms with Crippen LogP contribution in [-0.4, -0.2) is 61.1 Å². The second kappa shape index (κ2) is 12.6. The number of rotatable bonds is 4. The number of aromatic nitrogens is 1. The summed E-state index contributed by atoms with van der Waals surface area (Å²) in [6.07, 6.45) is 2.79. The van der Waals surface area contributed by atoms with Gasteiger partial charge in [-0.3, -0.25) is 14.5 Å². The lowest BCUT2D eigenvalue weighted by Gasteiger charge is -2.25. The molecule has 2 amide bonds. The van der Waals surface area contributed by atoms with Gasteiger partial charge in [0.05, 0.1) is 26.8 Å². The van der Waals surface area contributed by atoms with Crippen molar-refractivity contribution in [3.63, 3.8) is 0 Å². The predicted molar refractivity (Wildman–Crippen MR) is 138 cm³/mol. The van der Waals surface area contributed by atoms with E-state index in [2.05, 4.69) is 26.6 Å². The number of methoxy groups -OCH3 is 1. The lowest BCUT2D eigenvalue weighted by Crippen LogP contribution is -2.52. The molecule has 4 bridgehead atoms. The molecule has 2 N–H and O–H groups in total. The molecular weight excluding hydrogens is 460 g/mol. The monoisotopic (exact) mass is 498 g/mol. The van der Waals surface area contributed by atoms with E-state index in [1.165, 1.54) is 5.57 Å². The lowest BCUT2D eigenvalue weighted by atomic mass is 10.0. The first-order chi connectivity index (χ1) is 17.2. The lowest BCUT2D eigenvalue weighted by molar-refractivity contribution is -0.130. The van der Waals surface area contributed by atoms with Crippen molar-refractivity contribution in [1.82, 2.24) is 20.5 Å². The van der Waals surface area contributed by atoms with Crippen LogP contribution in [0, 0.1) is 12.8 Å². The summed E-state index contributed by atoms with van der Waals surface area (Å²) in [6.45, 7) is 11.8. The van der Waals surface area contributed by atoms with E-state index in [4.69, 9.17) is 13.9 Å². The smallest absolute Gasteiger partial charge is 0.243 e. The molecule has 9 heteroatoms. The van der Waals surface area contributed by atoms with Crippen molar-refractivity contribution in [2.24, 2.45) is 5.92 Å². The van der Waals surface area contributed by atoms with Crippen LogP contribution >= 0.6 is 0 Å². The molecule has 1 aromatic heterocycles. The van der Waals surface area contributed by atoms with Gasteiger partial charge in [0.15, 0.2) is 11.5 Å². The second-order valence-corrected chi connectivity index (χ2v) is 9.61. The molecule has 1 aromatic carbocycles. The summed E-state index contributed by atoms with van der Waals surface area (Å²) >= 11 is 0. The topological polar surface area (TPSA) is 106 Å². The Bertz CT molecular complexity index is 1090. The average Bonchev–Trinajstić information content (AvgIpc) is 3.21. The first kappa shape index (κ1) is 27.3. The summed E-state index contributed by atoms with van der Waals surface area (Å²) in [6, 6.07) is 4.88. The largest absolute Gasteiger partial charge is 0.493 e. The minimum absolute atomic E-state index is 0.0779.